The Kier molecular flexibility index (Phi) is 6.05. The number of benzene rings is 6. The molecule has 0 aliphatic heterocycles. The zero-order valence-corrected chi connectivity index (χ0v) is 23.4. The van der Waals surface area contributed by atoms with Crippen LogP contribution in [0.5, 0.6) is 0 Å². The second-order valence-corrected chi connectivity index (χ2v) is 11.5. The minimum Gasteiger partial charge on any atom is -0.383 e. The molecular weight excluding hydrogens is 496 g/mol. The molecule has 0 saturated heterocycles. The van der Waals surface area contributed by atoms with Crippen molar-refractivity contribution in [3.63, 3.8) is 0 Å². The first-order valence-corrected chi connectivity index (χ1v) is 14.2. The monoisotopic (exact) mass is 528 g/mol. The van der Waals surface area contributed by atoms with Crippen LogP contribution in [0.2, 0.25) is 0 Å². The van der Waals surface area contributed by atoms with Gasteiger partial charge in [0.05, 0.1) is 5.69 Å². The average molecular weight is 529 g/mol. The quantitative estimate of drug-likeness (QED) is 0.176. The summed E-state index contributed by atoms with van der Waals surface area (Å²) in [5.74, 6) is 0.528. The molecule has 0 aromatic heterocycles. The summed E-state index contributed by atoms with van der Waals surface area (Å²) in [6.45, 7) is 4.66. The minimum absolute atomic E-state index is 0.00350. The summed E-state index contributed by atoms with van der Waals surface area (Å²) >= 11 is 0. The van der Waals surface area contributed by atoms with Gasteiger partial charge in [0.2, 0.25) is 0 Å². The molecule has 0 fully saturated rings. The number of hydrogen-bond acceptors (Lipinski definition) is 1. The second kappa shape index (κ2) is 9.91. The van der Waals surface area contributed by atoms with Gasteiger partial charge in [-0.1, -0.05) is 141 Å². The molecule has 0 atom stereocenters. The predicted molar refractivity (Wildman–Crippen MR) is 173 cm³/mol. The third kappa shape index (κ3) is 4.42. The van der Waals surface area contributed by atoms with Crippen LogP contribution >= 0.6 is 0 Å². The first-order chi connectivity index (χ1) is 20.0. The zero-order valence-electron chi connectivity index (χ0n) is 23.4. The van der Waals surface area contributed by atoms with E-state index in [1.807, 2.05) is 30.3 Å². The lowest BCUT2D eigenvalue weighted by molar-refractivity contribution is 0.660. The Morgan fingerprint density at radius 1 is 0.634 bits per heavy atom. The maximum atomic E-state index is 6.50. The highest BCUT2D eigenvalue weighted by Gasteiger charge is 2.35. The summed E-state index contributed by atoms with van der Waals surface area (Å²) in [6, 6.07) is 47.4. The van der Waals surface area contributed by atoms with Gasteiger partial charge in [-0.25, -0.2) is 4.99 Å². The molecule has 2 nitrogen and oxygen atoms in total. The van der Waals surface area contributed by atoms with E-state index in [0.717, 1.165) is 34.0 Å². The first-order valence-electron chi connectivity index (χ1n) is 14.2. The van der Waals surface area contributed by atoms with Crippen LogP contribution in [0.1, 0.15) is 41.7 Å². The van der Waals surface area contributed by atoms with Gasteiger partial charge < -0.3 is 5.73 Å². The highest BCUT2D eigenvalue weighted by atomic mass is 14.9. The molecule has 198 valence electrons. The molecule has 2 heteroatoms. The number of fused-ring (bicyclic) bond motifs is 4. The summed E-state index contributed by atoms with van der Waals surface area (Å²) in [4.78, 5) is 4.98. The summed E-state index contributed by atoms with van der Waals surface area (Å²) in [5.41, 5.74) is 18.8. The van der Waals surface area contributed by atoms with Crippen LogP contribution in [0.25, 0.3) is 33.0 Å². The van der Waals surface area contributed by atoms with Crippen molar-refractivity contribution in [1.29, 1.82) is 0 Å². The zero-order chi connectivity index (χ0) is 28.0. The van der Waals surface area contributed by atoms with Gasteiger partial charge in [-0.05, 0) is 62.4 Å². The Morgan fingerprint density at radius 2 is 1.32 bits per heavy atom. The first kappa shape index (κ1) is 25.0. The number of amidine groups is 1. The molecule has 0 unspecified atom stereocenters. The Balaban J connectivity index is 1.22. The summed E-state index contributed by atoms with van der Waals surface area (Å²) in [7, 11) is 0. The van der Waals surface area contributed by atoms with Crippen molar-refractivity contribution in [3.05, 3.63) is 161 Å². The van der Waals surface area contributed by atoms with E-state index in [9.17, 15) is 0 Å². The molecule has 0 saturated carbocycles. The highest BCUT2D eigenvalue weighted by Crippen LogP contribution is 2.49. The van der Waals surface area contributed by atoms with Crippen LogP contribution in [0.4, 0.5) is 5.69 Å². The Bertz CT molecular complexity index is 1930. The Labute approximate surface area is 241 Å². The van der Waals surface area contributed by atoms with E-state index in [4.69, 9.17) is 10.7 Å². The van der Waals surface area contributed by atoms with E-state index in [0.29, 0.717) is 5.84 Å². The predicted octanol–water partition coefficient (Wildman–Crippen LogP) is 9.44. The van der Waals surface area contributed by atoms with Crippen molar-refractivity contribution in [2.75, 3.05) is 0 Å². The number of aliphatic imine (C=N–C) groups is 1. The van der Waals surface area contributed by atoms with Crippen LogP contribution in [0, 0.1) is 0 Å². The fourth-order valence-electron chi connectivity index (χ4n) is 6.29. The molecule has 0 heterocycles. The minimum atomic E-state index is -0.00350. The largest absolute Gasteiger partial charge is 0.383 e. The Morgan fingerprint density at radius 3 is 2.15 bits per heavy atom. The number of nitrogens with zero attached hydrogens (tertiary/aromatic N) is 1. The van der Waals surface area contributed by atoms with Crippen molar-refractivity contribution < 1.29 is 0 Å². The van der Waals surface area contributed by atoms with Crippen LogP contribution in [-0.2, 0) is 11.8 Å². The molecule has 7 rings (SSSR count). The molecule has 0 spiro atoms. The molecular formula is C39H32N2. The molecule has 2 N–H and O–H groups in total. The van der Waals surface area contributed by atoms with Gasteiger partial charge in [-0.3, -0.25) is 0 Å². The average Bonchev–Trinajstić information content (AvgIpc) is 3.25. The van der Waals surface area contributed by atoms with Crippen LogP contribution < -0.4 is 5.73 Å². The molecule has 0 amide bonds. The Hall–Kier alpha value is -4.95. The topological polar surface area (TPSA) is 38.4 Å². The van der Waals surface area contributed by atoms with Crippen molar-refractivity contribution in [1.82, 2.24) is 0 Å². The molecule has 0 radical (unpaired) electrons. The van der Waals surface area contributed by atoms with Gasteiger partial charge in [0.25, 0.3) is 0 Å². The standard InChI is InChI=1S/C39H32N2/c1-39(2)35-15-9-8-14-33(35)34-23-22-30(25-36(34)39)27-18-16-26(17-19-27)24-31-21-20-28-10-6-7-13-32(28)37(31)41-38(40)29-11-4-3-5-12-29/h3-23,25H,24H2,1-2H3,(H2,40,41). The lowest BCUT2D eigenvalue weighted by Crippen LogP contribution is -2.14. The van der Waals surface area contributed by atoms with E-state index < -0.39 is 0 Å². The van der Waals surface area contributed by atoms with Gasteiger partial charge in [-0.2, -0.15) is 0 Å². The third-order valence-corrected chi connectivity index (χ3v) is 8.55. The van der Waals surface area contributed by atoms with Crippen molar-refractivity contribution >= 4 is 22.3 Å². The van der Waals surface area contributed by atoms with Crippen LogP contribution in [-0.4, -0.2) is 5.84 Å². The lowest BCUT2D eigenvalue weighted by atomic mass is 9.81. The smallest absolute Gasteiger partial charge is 0.131 e. The number of rotatable bonds is 5. The maximum absolute atomic E-state index is 6.50. The second-order valence-electron chi connectivity index (χ2n) is 11.5. The fourth-order valence-corrected chi connectivity index (χ4v) is 6.29. The van der Waals surface area contributed by atoms with Gasteiger partial charge in [0, 0.05) is 16.4 Å². The maximum Gasteiger partial charge on any atom is 0.131 e. The fraction of sp³-hybridized carbons (Fsp3) is 0.103. The van der Waals surface area contributed by atoms with Crippen molar-refractivity contribution in [2.24, 2.45) is 10.7 Å². The number of hydrogen-bond donors (Lipinski definition) is 1. The van der Waals surface area contributed by atoms with E-state index in [2.05, 4.69) is 117 Å². The normalized spacial score (nSPS) is 13.7. The molecule has 0 bridgehead atoms. The van der Waals surface area contributed by atoms with Crippen LogP contribution in [0.15, 0.2) is 138 Å². The van der Waals surface area contributed by atoms with Gasteiger partial charge >= 0.3 is 0 Å². The summed E-state index contributed by atoms with van der Waals surface area (Å²) in [6.07, 6.45) is 0.776. The van der Waals surface area contributed by atoms with E-state index in [-0.39, 0.29) is 5.41 Å². The van der Waals surface area contributed by atoms with Crippen molar-refractivity contribution in [3.8, 4) is 22.3 Å². The number of nitrogens with two attached hydrogens (primary N) is 1. The van der Waals surface area contributed by atoms with E-state index in [1.165, 1.54) is 38.9 Å². The van der Waals surface area contributed by atoms with Gasteiger partial charge in [0.15, 0.2) is 0 Å². The van der Waals surface area contributed by atoms with E-state index in [1.54, 1.807) is 0 Å². The highest BCUT2D eigenvalue weighted by molar-refractivity contribution is 6.03. The van der Waals surface area contributed by atoms with Gasteiger partial charge in [-0.15, -0.1) is 0 Å². The summed E-state index contributed by atoms with van der Waals surface area (Å²) in [5, 5.41) is 2.27. The molecule has 1 aliphatic carbocycles. The van der Waals surface area contributed by atoms with E-state index >= 15 is 0 Å². The van der Waals surface area contributed by atoms with Gasteiger partial charge in [0.1, 0.15) is 5.84 Å². The molecule has 41 heavy (non-hydrogen) atoms. The van der Waals surface area contributed by atoms with Crippen LogP contribution in [0.3, 0.4) is 0 Å². The molecule has 6 aromatic rings. The molecule has 6 aromatic carbocycles. The third-order valence-electron chi connectivity index (χ3n) is 8.55. The summed E-state index contributed by atoms with van der Waals surface area (Å²) < 4.78 is 0. The lowest BCUT2D eigenvalue weighted by Gasteiger charge is -2.22. The SMILES string of the molecule is CC1(C)c2ccccc2-c2ccc(-c3ccc(Cc4ccc5ccccc5c4N=C(N)c4ccccc4)cc3)cc21. The molecule has 1 aliphatic rings. The van der Waals surface area contributed by atoms with Crippen molar-refractivity contribution in [2.45, 2.75) is 25.7 Å².